The third-order valence-electron chi connectivity index (χ3n) is 5.63. The van der Waals surface area contributed by atoms with Crippen LogP contribution in [0.3, 0.4) is 0 Å². The number of amides is 1. The summed E-state index contributed by atoms with van der Waals surface area (Å²) in [7, 11) is 0. The Bertz CT molecular complexity index is 1110. The highest BCUT2D eigenvalue weighted by Crippen LogP contribution is 2.33. The Hall–Kier alpha value is -3.48. The van der Waals surface area contributed by atoms with Crippen LogP contribution in [0.5, 0.6) is 0 Å². The molecule has 1 aliphatic rings. The minimum absolute atomic E-state index is 0.0583. The summed E-state index contributed by atoms with van der Waals surface area (Å²) >= 11 is 0. The van der Waals surface area contributed by atoms with Crippen LogP contribution in [0, 0.1) is 13.8 Å². The van der Waals surface area contributed by atoms with Crippen LogP contribution in [0.25, 0.3) is 0 Å². The van der Waals surface area contributed by atoms with Gasteiger partial charge in [0.1, 0.15) is 0 Å². The molecular weight excluding hydrogens is 378 g/mol. The van der Waals surface area contributed by atoms with Crippen LogP contribution in [-0.2, 0) is 11.2 Å². The first-order valence-corrected chi connectivity index (χ1v) is 10.1. The summed E-state index contributed by atoms with van der Waals surface area (Å²) in [4.78, 5) is 38.1. The van der Waals surface area contributed by atoms with E-state index in [-0.39, 0.29) is 17.4 Å². The lowest BCUT2D eigenvalue weighted by Gasteiger charge is -2.20. The smallest absolute Gasteiger partial charge is 0.252 e. The van der Waals surface area contributed by atoms with Gasteiger partial charge in [0.25, 0.3) is 5.56 Å². The van der Waals surface area contributed by atoms with Gasteiger partial charge in [-0.15, -0.1) is 0 Å². The van der Waals surface area contributed by atoms with Gasteiger partial charge in [0.05, 0.1) is 5.69 Å². The van der Waals surface area contributed by atoms with E-state index in [0.717, 1.165) is 28.8 Å². The van der Waals surface area contributed by atoms with Crippen LogP contribution in [-0.4, -0.2) is 33.9 Å². The lowest BCUT2D eigenvalue weighted by Crippen LogP contribution is -2.25. The first-order valence-electron chi connectivity index (χ1n) is 10.1. The largest absolute Gasteiger partial charge is 0.355 e. The monoisotopic (exact) mass is 403 g/mol. The van der Waals surface area contributed by atoms with E-state index in [1.54, 1.807) is 12.4 Å². The van der Waals surface area contributed by atoms with Crippen LogP contribution in [0.2, 0.25) is 0 Å². The van der Waals surface area contributed by atoms with E-state index in [9.17, 15) is 9.59 Å². The predicted octanol–water partition coefficient (Wildman–Crippen LogP) is 2.96. The van der Waals surface area contributed by atoms with Crippen molar-refractivity contribution in [3.63, 3.8) is 0 Å². The van der Waals surface area contributed by atoms with Crippen LogP contribution in [0.4, 0.5) is 11.6 Å². The Balaban J connectivity index is 1.48. The van der Waals surface area contributed by atoms with E-state index in [2.05, 4.69) is 20.3 Å². The number of carbonyl (C=O) groups is 1. The van der Waals surface area contributed by atoms with Crippen LogP contribution in [0.1, 0.15) is 34.7 Å². The number of aromatic nitrogens is 3. The van der Waals surface area contributed by atoms with Crippen molar-refractivity contribution < 1.29 is 4.79 Å². The van der Waals surface area contributed by atoms with Gasteiger partial charge in [-0.2, -0.15) is 0 Å². The van der Waals surface area contributed by atoms with Gasteiger partial charge in [-0.3, -0.25) is 19.6 Å². The average Bonchev–Trinajstić information content (AvgIpc) is 3.12. The molecule has 0 spiro atoms. The van der Waals surface area contributed by atoms with Crippen molar-refractivity contribution in [3.8, 4) is 0 Å². The molecule has 7 heteroatoms. The Kier molecular flexibility index (Phi) is 5.61. The van der Waals surface area contributed by atoms with Gasteiger partial charge >= 0.3 is 0 Å². The van der Waals surface area contributed by atoms with E-state index in [0.29, 0.717) is 31.2 Å². The van der Waals surface area contributed by atoms with Crippen molar-refractivity contribution >= 4 is 17.5 Å². The first-order chi connectivity index (χ1) is 14.5. The molecular formula is C23H25N5O2. The summed E-state index contributed by atoms with van der Waals surface area (Å²) < 4.78 is 0. The predicted molar refractivity (Wildman–Crippen MR) is 117 cm³/mol. The lowest BCUT2D eigenvalue weighted by atomic mass is 10.0. The van der Waals surface area contributed by atoms with Gasteiger partial charge in [0.2, 0.25) is 11.9 Å². The highest BCUT2D eigenvalue weighted by atomic mass is 16.2. The normalized spacial score (nSPS) is 16.1. The molecule has 1 atom stereocenters. The molecule has 4 rings (SSSR count). The molecule has 1 saturated heterocycles. The minimum atomic E-state index is -0.218. The number of aromatic amines is 1. The molecule has 2 aromatic heterocycles. The molecule has 1 amide bonds. The number of hydrogen-bond donors (Lipinski definition) is 2. The molecule has 0 unspecified atom stereocenters. The highest BCUT2D eigenvalue weighted by Gasteiger charge is 2.33. The van der Waals surface area contributed by atoms with Crippen LogP contribution < -0.4 is 15.8 Å². The van der Waals surface area contributed by atoms with Crippen molar-refractivity contribution in [3.05, 3.63) is 81.5 Å². The van der Waals surface area contributed by atoms with Gasteiger partial charge in [-0.25, -0.2) is 4.98 Å². The molecule has 1 aliphatic heterocycles. The van der Waals surface area contributed by atoms with Crippen molar-refractivity contribution in [2.24, 2.45) is 0 Å². The highest BCUT2D eigenvalue weighted by molar-refractivity contribution is 5.97. The second-order valence-corrected chi connectivity index (χ2v) is 7.68. The number of H-pyrrole nitrogens is 1. The molecule has 7 nitrogen and oxygen atoms in total. The van der Waals surface area contributed by atoms with Crippen molar-refractivity contribution in [2.45, 2.75) is 32.6 Å². The van der Waals surface area contributed by atoms with E-state index in [1.807, 2.05) is 49.1 Å². The fourth-order valence-corrected chi connectivity index (χ4v) is 3.81. The van der Waals surface area contributed by atoms with Crippen molar-refractivity contribution in [1.82, 2.24) is 15.0 Å². The molecule has 0 saturated carbocycles. The number of aryl methyl sites for hydroxylation is 1. The summed E-state index contributed by atoms with van der Waals surface area (Å²) in [5, 5.41) is 3.18. The molecule has 3 aromatic rings. The number of hydrogen-bond acceptors (Lipinski definition) is 5. The number of nitrogens with one attached hydrogen (secondary N) is 2. The van der Waals surface area contributed by atoms with E-state index in [1.165, 1.54) is 6.07 Å². The summed E-state index contributed by atoms with van der Waals surface area (Å²) in [6.07, 6.45) is 4.66. The summed E-state index contributed by atoms with van der Waals surface area (Å²) in [6.45, 7) is 5.23. The van der Waals surface area contributed by atoms with Gasteiger partial charge in [-0.1, -0.05) is 12.1 Å². The first kappa shape index (κ1) is 19.8. The van der Waals surface area contributed by atoms with Crippen LogP contribution >= 0.6 is 0 Å². The van der Waals surface area contributed by atoms with E-state index >= 15 is 0 Å². The summed E-state index contributed by atoms with van der Waals surface area (Å²) in [5.41, 5.74) is 4.77. The lowest BCUT2D eigenvalue weighted by molar-refractivity contribution is -0.117. The fourth-order valence-electron chi connectivity index (χ4n) is 3.81. The maximum atomic E-state index is 12.7. The molecule has 0 radical (unpaired) electrons. The van der Waals surface area contributed by atoms with Gasteiger partial charge in [-0.05, 0) is 55.2 Å². The minimum Gasteiger partial charge on any atom is -0.355 e. The van der Waals surface area contributed by atoms with Gasteiger partial charge < -0.3 is 10.2 Å². The number of carbonyl (C=O) groups excluding carboxylic acids is 1. The molecule has 2 N–H and O–H groups in total. The second kappa shape index (κ2) is 8.49. The van der Waals surface area contributed by atoms with Crippen LogP contribution in [0.15, 0.2) is 53.6 Å². The zero-order valence-electron chi connectivity index (χ0n) is 17.2. The molecule has 30 heavy (non-hydrogen) atoms. The number of rotatable bonds is 6. The zero-order valence-corrected chi connectivity index (χ0v) is 17.2. The Morgan fingerprint density at radius 2 is 1.97 bits per heavy atom. The number of benzene rings is 1. The van der Waals surface area contributed by atoms with Crippen molar-refractivity contribution in [2.75, 3.05) is 23.3 Å². The Labute approximate surface area is 175 Å². The average molecular weight is 403 g/mol. The maximum absolute atomic E-state index is 12.7. The zero-order chi connectivity index (χ0) is 21.1. The summed E-state index contributed by atoms with van der Waals surface area (Å²) in [5.74, 6) is 0.382. The van der Waals surface area contributed by atoms with E-state index < -0.39 is 0 Å². The van der Waals surface area contributed by atoms with E-state index in [4.69, 9.17) is 0 Å². The standard InChI is InChI=1S/C23H25N5O2/c1-15-4-3-5-20(16(15)2)28-14-18(12-22(28)30)19-13-21(29)27-23(26-19)25-11-8-17-6-9-24-10-7-17/h3-7,9-10,13,18H,8,11-12,14H2,1-2H3,(H2,25,26,27,29)/t18-/m0/s1. The fraction of sp³-hybridized carbons (Fsp3) is 0.304. The molecule has 0 bridgehead atoms. The molecule has 1 fully saturated rings. The summed E-state index contributed by atoms with van der Waals surface area (Å²) in [6, 6.07) is 11.4. The Morgan fingerprint density at radius 3 is 2.77 bits per heavy atom. The third kappa shape index (κ3) is 4.25. The number of anilines is 2. The van der Waals surface area contributed by atoms with Gasteiger partial charge in [0.15, 0.2) is 0 Å². The Morgan fingerprint density at radius 1 is 1.17 bits per heavy atom. The SMILES string of the molecule is Cc1cccc(N2C[C@@H](c3cc(=O)[nH]c(NCCc4ccncc4)n3)CC2=O)c1C. The molecule has 154 valence electrons. The number of nitrogens with zero attached hydrogens (tertiary/aromatic N) is 3. The maximum Gasteiger partial charge on any atom is 0.252 e. The number of pyridine rings is 1. The molecule has 3 heterocycles. The molecule has 0 aliphatic carbocycles. The van der Waals surface area contributed by atoms with Crippen molar-refractivity contribution in [1.29, 1.82) is 0 Å². The van der Waals surface area contributed by atoms with Gasteiger partial charge in [0, 0.05) is 49.6 Å². The molecule has 1 aromatic carbocycles. The topological polar surface area (TPSA) is 91.0 Å². The third-order valence-corrected chi connectivity index (χ3v) is 5.63. The quantitative estimate of drug-likeness (QED) is 0.660. The second-order valence-electron chi connectivity index (χ2n) is 7.68.